The molecule has 2 aromatic rings. The molecule has 2 N–H and O–H groups in total. The summed E-state index contributed by atoms with van der Waals surface area (Å²) in [5.41, 5.74) is 0.664. The highest BCUT2D eigenvalue weighted by Gasteiger charge is 2.07. The van der Waals surface area contributed by atoms with Gasteiger partial charge in [-0.1, -0.05) is 6.07 Å². The summed E-state index contributed by atoms with van der Waals surface area (Å²) in [5.74, 6) is 0.105. The molecule has 0 saturated heterocycles. The maximum Gasteiger partial charge on any atom is 0.257 e. The van der Waals surface area contributed by atoms with Crippen molar-refractivity contribution in [2.45, 2.75) is 6.92 Å². The second-order valence-electron chi connectivity index (χ2n) is 3.59. The summed E-state index contributed by atoms with van der Waals surface area (Å²) in [6.07, 6.45) is 1.58. The van der Waals surface area contributed by atoms with E-state index in [0.717, 1.165) is 0 Å². The molecular formula is C12H11N3O2. The number of aromatic amines is 1. The van der Waals surface area contributed by atoms with Gasteiger partial charge >= 0.3 is 0 Å². The molecule has 0 atom stereocenters. The summed E-state index contributed by atoms with van der Waals surface area (Å²) in [6.45, 7) is 1.72. The van der Waals surface area contributed by atoms with E-state index < -0.39 is 0 Å². The molecule has 0 aliphatic heterocycles. The first-order chi connectivity index (χ1) is 8.15. The Bertz CT molecular complexity index is 590. The predicted octanol–water partition coefficient (Wildman–Crippen LogP) is 1.33. The zero-order chi connectivity index (χ0) is 12.3. The first-order valence-corrected chi connectivity index (χ1v) is 5.08. The Balaban J connectivity index is 2.23. The van der Waals surface area contributed by atoms with Crippen molar-refractivity contribution in [1.82, 2.24) is 9.97 Å². The van der Waals surface area contributed by atoms with Crippen LogP contribution in [0.5, 0.6) is 0 Å². The molecule has 5 nitrogen and oxygen atoms in total. The predicted molar refractivity (Wildman–Crippen MR) is 64.0 cm³/mol. The fourth-order valence-electron chi connectivity index (χ4n) is 1.44. The van der Waals surface area contributed by atoms with Crippen LogP contribution in [0.25, 0.3) is 0 Å². The Morgan fingerprint density at radius 2 is 2.18 bits per heavy atom. The van der Waals surface area contributed by atoms with E-state index >= 15 is 0 Å². The number of anilines is 1. The third-order valence-corrected chi connectivity index (χ3v) is 2.15. The maximum absolute atomic E-state index is 11.8. The minimum Gasteiger partial charge on any atom is -0.326 e. The van der Waals surface area contributed by atoms with Crippen molar-refractivity contribution in [3.05, 3.63) is 58.1 Å². The van der Waals surface area contributed by atoms with Gasteiger partial charge in [0.25, 0.3) is 5.91 Å². The molecule has 2 rings (SSSR count). The highest BCUT2D eigenvalue weighted by atomic mass is 16.2. The fraction of sp³-hybridized carbons (Fsp3) is 0.0833. The van der Waals surface area contributed by atoms with Crippen LogP contribution >= 0.6 is 0 Å². The molecule has 2 aromatic heterocycles. The molecule has 0 bridgehead atoms. The summed E-state index contributed by atoms with van der Waals surface area (Å²) in [5, 5.41) is 2.61. The van der Waals surface area contributed by atoms with Crippen molar-refractivity contribution >= 4 is 11.7 Å². The lowest BCUT2D eigenvalue weighted by molar-refractivity contribution is 0.102. The Labute approximate surface area is 97.5 Å². The van der Waals surface area contributed by atoms with Crippen molar-refractivity contribution in [2.24, 2.45) is 0 Å². The molecule has 0 aromatic carbocycles. The quantitative estimate of drug-likeness (QED) is 0.815. The van der Waals surface area contributed by atoms with Crippen LogP contribution in [0.2, 0.25) is 0 Å². The average Bonchev–Trinajstić information content (AvgIpc) is 2.29. The molecule has 0 unspecified atom stereocenters. The van der Waals surface area contributed by atoms with Crippen LogP contribution in [0.15, 0.2) is 41.3 Å². The molecule has 5 heteroatoms. The molecule has 0 radical (unpaired) electrons. The van der Waals surface area contributed by atoms with Gasteiger partial charge in [-0.15, -0.1) is 0 Å². The third kappa shape index (κ3) is 2.78. The Kier molecular flexibility index (Phi) is 3.00. The van der Waals surface area contributed by atoms with E-state index in [2.05, 4.69) is 15.3 Å². The van der Waals surface area contributed by atoms with Crippen LogP contribution in [-0.2, 0) is 0 Å². The number of hydrogen-bond acceptors (Lipinski definition) is 3. The molecular weight excluding hydrogens is 218 g/mol. The number of rotatable bonds is 2. The number of nitrogens with zero attached hydrogens (tertiary/aromatic N) is 1. The van der Waals surface area contributed by atoms with Crippen LogP contribution < -0.4 is 10.9 Å². The summed E-state index contributed by atoms with van der Waals surface area (Å²) in [7, 11) is 0. The summed E-state index contributed by atoms with van der Waals surface area (Å²) < 4.78 is 0. The Morgan fingerprint density at radius 3 is 2.82 bits per heavy atom. The van der Waals surface area contributed by atoms with Gasteiger partial charge in [0.2, 0.25) is 5.56 Å². The van der Waals surface area contributed by atoms with Gasteiger partial charge in [0, 0.05) is 23.5 Å². The van der Waals surface area contributed by atoms with Crippen LogP contribution in [0.4, 0.5) is 5.82 Å². The lowest BCUT2D eigenvalue weighted by Gasteiger charge is -2.04. The average molecular weight is 229 g/mol. The van der Waals surface area contributed by atoms with E-state index in [9.17, 15) is 9.59 Å². The maximum atomic E-state index is 11.8. The van der Waals surface area contributed by atoms with E-state index in [0.29, 0.717) is 17.1 Å². The molecule has 0 aliphatic rings. The number of nitrogens with one attached hydrogen (secondary N) is 2. The monoisotopic (exact) mass is 229 g/mol. The zero-order valence-electron chi connectivity index (χ0n) is 9.23. The molecule has 0 saturated carbocycles. The van der Waals surface area contributed by atoms with E-state index in [1.807, 2.05) is 0 Å². The summed E-state index contributed by atoms with van der Waals surface area (Å²) in [6, 6.07) is 8.07. The second kappa shape index (κ2) is 4.61. The number of amides is 1. The summed E-state index contributed by atoms with van der Waals surface area (Å²) in [4.78, 5) is 29.6. The lowest BCUT2D eigenvalue weighted by atomic mass is 10.2. The van der Waals surface area contributed by atoms with Gasteiger partial charge in [0.1, 0.15) is 5.82 Å². The molecule has 2 heterocycles. The van der Waals surface area contributed by atoms with Crippen molar-refractivity contribution in [3.63, 3.8) is 0 Å². The molecule has 0 fully saturated rings. The highest BCUT2D eigenvalue weighted by molar-refractivity contribution is 6.03. The van der Waals surface area contributed by atoms with Gasteiger partial charge < -0.3 is 10.3 Å². The van der Waals surface area contributed by atoms with Crippen LogP contribution in [0.3, 0.4) is 0 Å². The van der Waals surface area contributed by atoms with Gasteiger partial charge in [-0.25, -0.2) is 4.98 Å². The number of carbonyl (C=O) groups excluding carboxylic acids is 1. The number of H-pyrrole nitrogens is 1. The van der Waals surface area contributed by atoms with Gasteiger partial charge in [0.05, 0.1) is 0 Å². The van der Waals surface area contributed by atoms with Crippen LogP contribution in [0.1, 0.15) is 16.1 Å². The minimum absolute atomic E-state index is 0.295. The first kappa shape index (κ1) is 11.1. The first-order valence-electron chi connectivity index (χ1n) is 5.08. The van der Waals surface area contributed by atoms with E-state index in [1.54, 1.807) is 37.4 Å². The number of aromatic nitrogens is 2. The normalized spacial score (nSPS) is 9.94. The van der Waals surface area contributed by atoms with Gasteiger partial charge in [-0.3, -0.25) is 9.59 Å². The molecule has 0 aliphatic carbocycles. The largest absolute Gasteiger partial charge is 0.326 e. The Morgan fingerprint density at radius 1 is 1.35 bits per heavy atom. The van der Waals surface area contributed by atoms with E-state index in [1.165, 1.54) is 6.07 Å². The smallest absolute Gasteiger partial charge is 0.257 e. The van der Waals surface area contributed by atoms with Gasteiger partial charge in [0.15, 0.2) is 0 Å². The SMILES string of the molecule is Cc1cc(C(=O)Nc2ccccn2)cc(=O)[nH]1. The van der Waals surface area contributed by atoms with Crippen molar-refractivity contribution < 1.29 is 4.79 Å². The topological polar surface area (TPSA) is 74.8 Å². The second-order valence-corrected chi connectivity index (χ2v) is 3.59. The number of hydrogen-bond donors (Lipinski definition) is 2. The Hall–Kier alpha value is -2.43. The van der Waals surface area contributed by atoms with Crippen LogP contribution in [0, 0.1) is 6.92 Å². The van der Waals surface area contributed by atoms with Crippen molar-refractivity contribution in [2.75, 3.05) is 5.32 Å². The highest BCUT2D eigenvalue weighted by Crippen LogP contribution is 2.04. The van der Waals surface area contributed by atoms with Crippen molar-refractivity contribution in [3.8, 4) is 0 Å². The van der Waals surface area contributed by atoms with Crippen molar-refractivity contribution in [1.29, 1.82) is 0 Å². The van der Waals surface area contributed by atoms with E-state index in [-0.39, 0.29) is 11.5 Å². The van der Waals surface area contributed by atoms with Crippen LogP contribution in [-0.4, -0.2) is 15.9 Å². The van der Waals surface area contributed by atoms with E-state index in [4.69, 9.17) is 0 Å². The minimum atomic E-state index is -0.349. The fourth-order valence-corrected chi connectivity index (χ4v) is 1.44. The number of carbonyl (C=O) groups is 1. The molecule has 86 valence electrons. The van der Waals surface area contributed by atoms with Gasteiger partial charge in [-0.2, -0.15) is 0 Å². The molecule has 0 spiro atoms. The third-order valence-electron chi connectivity index (χ3n) is 2.15. The molecule has 1 amide bonds. The van der Waals surface area contributed by atoms with Gasteiger partial charge in [-0.05, 0) is 25.1 Å². The number of aryl methyl sites for hydroxylation is 1. The summed E-state index contributed by atoms with van der Waals surface area (Å²) >= 11 is 0. The lowest BCUT2D eigenvalue weighted by Crippen LogP contribution is -2.17. The standard InChI is InChI=1S/C12H11N3O2/c1-8-6-9(7-11(16)14-8)12(17)15-10-4-2-3-5-13-10/h2-7H,1H3,(H,14,16)(H,13,15,17). The zero-order valence-corrected chi connectivity index (χ0v) is 9.23. The molecule has 17 heavy (non-hydrogen) atoms. The number of pyridine rings is 2.